The van der Waals surface area contributed by atoms with Crippen LogP contribution in [0, 0.1) is 0 Å². The summed E-state index contributed by atoms with van der Waals surface area (Å²) in [6, 6.07) is 11.7. The molecule has 84 valence electrons. The highest BCUT2D eigenvalue weighted by molar-refractivity contribution is 6.36. The van der Waals surface area contributed by atoms with Gasteiger partial charge >= 0.3 is 0 Å². The highest BCUT2D eigenvalue weighted by atomic mass is 35.5. The van der Waals surface area contributed by atoms with Crippen LogP contribution in [0.25, 0.3) is 16.9 Å². The Balaban J connectivity index is 2.24. The van der Waals surface area contributed by atoms with Gasteiger partial charge in [-0.3, -0.25) is 0 Å². The summed E-state index contributed by atoms with van der Waals surface area (Å²) in [6.45, 7) is 0. The molecule has 0 bridgehead atoms. The average Bonchev–Trinajstić information content (AvgIpc) is 2.74. The van der Waals surface area contributed by atoms with E-state index in [4.69, 9.17) is 23.2 Å². The van der Waals surface area contributed by atoms with Crippen LogP contribution in [0.2, 0.25) is 10.0 Å². The van der Waals surface area contributed by atoms with Gasteiger partial charge in [-0.25, -0.2) is 4.98 Å². The lowest BCUT2D eigenvalue weighted by atomic mass is 10.2. The van der Waals surface area contributed by atoms with Gasteiger partial charge in [0.25, 0.3) is 0 Å². The molecule has 0 radical (unpaired) electrons. The summed E-state index contributed by atoms with van der Waals surface area (Å²) in [5.74, 6) is 0. The van der Waals surface area contributed by atoms with Crippen molar-refractivity contribution in [1.82, 2.24) is 9.38 Å². The zero-order valence-electron chi connectivity index (χ0n) is 8.77. The normalized spacial score (nSPS) is 10.9. The number of fused-ring (bicyclic) bond motifs is 1. The first-order valence-electron chi connectivity index (χ1n) is 5.13. The fourth-order valence-electron chi connectivity index (χ4n) is 1.77. The van der Waals surface area contributed by atoms with E-state index in [1.807, 2.05) is 40.9 Å². The molecule has 4 heteroatoms. The van der Waals surface area contributed by atoms with E-state index in [9.17, 15) is 0 Å². The Morgan fingerprint density at radius 1 is 1.00 bits per heavy atom. The Morgan fingerprint density at radius 3 is 2.53 bits per heavy atom. The van der Waals surface area contributed by atoms with Gasteiger partial charge in [0.2, 0.25) is 0 Å². The van der Waals surface area contributed by atoms with Crippen LogP contribution >= 0.6 is 23.2 Å². The topological polar surface area (TPSA) is 17.3 Å². The van der Waals surface area contributed by atoms with Crippen LogP contribution < -0.4 is 0 Å². The van der Waals surface area contributed by atoms with Gasteiger partial charge in [0.1, 0.15) is 0 Å². The summed E-state index contributed by atoms with van der Waals surface area (Å²) >= 11 is 12.0. The smallest absolute Gasteiger partial charge is 0.156 e. The number of imidazole rings is 1. The second-order valence-corrected chi connectivity index (χ2v) is 4.57. The Hall–Kier alpha value is -1.51. The van der Waals surface area contributed by atoms with Crippen molar-refractivity contribution in [2.75, 3.05) is 0 Å². The fraction of sp³-hybridized carbons (Fsp3) is 0. The maximum absolute atomic E-state index is 6.10. The Labute approximate surface area is 108 Å². The molecule has 17 heavy (non-hydrogen) atoms. The van der Waals surface area contributed by atoms with Crippen LogP contribution in [0.15, 0.2) is 48.8 Å². The Bertz CT molecular complexity index is 674. The molecule has 0 atom stereocenters. The van der Waals surface area contributed by atoms with Crippen molar-refractivity contribution >= 4 is 28.8 Å². The maximum Gasteiger partial charge on any atom is 0.156 e. The van der Waals surface area contributed by atoms with E-state index >= 15 is 0 Å². The molecule has 0 saturated carbocycles. The molecule has 0 aliphatic heterocycles. The Morgan fingerprint density at radius 2 is 1.76 bits per heavy atom. The van der Waals surface area contributed by atoms with Gasteiger partial charge in [0.05, 0.1) is 15.7 Å². The predicted molar refractivity (Wildman–Crippen MR) is 70.6 cm³/mol. The summed E-state index contributed by atoms with van der Waals surface area (Å²) in [5, 5.41) is 1.15. The van der Waals surface area contributed by atoms with Crippen molar-refractivity contribution in [2.45, 2.75) is 0 Å². The van der Waals surface area contributed by atoms with Crippen LogP contribution in [0.4, 0.5) is 0 Å². The highest BCUT2D eigenvalue weighted by Crippen LogP contribution is 2.25. The first kappa shape index (κ1) is 10.6. The maximum atomic E-state index is 6.10. The monoisotopic (exact) mass is 262 g/mol. The van der Waals surface area contributed by atoms with Gasteiger partial charge < -0.3 is 4.40 Å². The number of hydrogen-bond acceptors (Lipinski definition) is 1. The van der Waals surface area contributed by atoms with E-state index in [1.54, 1.807) is 12.3 Å². The number of halogens is 2. The van der Waals surface area contributed by atoms with Crippen molar-refractivity contribution in [2.24, 2.45) is 0 Å². The van der Waals surface area contributed by atoms with Crippen LogP contribution in [-0.2, 0) is 0 Å². The molecule has 2 nitrogen and oxygen atoms in total. The molecule has 0 N–H and O–H groups in total. The SMILES string of the molecule is Clc1cc(Cl)c2nc(-c3ccccc3)cn2c1. The summed E-state index contributed by atoms with van der Waals surface area (Å²) < 4.78 is 1.84. The zero-order chi connectivity index (χ0) is 11.8. The zero-order valence-corrected chi connectivity index (χ0v) is 10.3. The largest absolute Gasteiger partial charge is 0.304 e. The van der Waals surface area contributed by atoms with E-state index < -0.39 is 0 Å². The van der Waals surface area contributed by atoms with E-state index in [2.05, 4.69) is 4.98 Å². The van der Waals surface area contributed by atoms with E-state index in [-0.39, 0.29) is 0 Å². The minimum atomic E-state index is 0.555. The van der Waals surface area contributed by atoms with Crippen molar-refractivity contribution in [3.63, 3.8) is 0 Å². The lowest BCUT2D eigenvalue weighted by Crippen LogP contribution is -1.82. The highest BCUT2D eigenvalue weighted by Gasteiger charge is 2.07. The number of nitrogens with zero attached hydrogens (tertiary/aromatic N) is 2. The molecule has 0 spiro atoms. The molecule has 0 aliphatic carbocycles. The third kappa shape index (κ3) is 1.90. The van der Waals surface area contributed by atoms with Crippen LogP contribution in [0.5, 0.6) is 0 Å². The van der Waals surface area contributed by atoms with Crippen LogP contribution in [0.3, 0.4) is 0 Å². The summed E-state index contributed by atoms with van der Waals surface area (Å²) in [7, 11) is 0. The first-order valence-corrected chi connectivity index (χ1v) is 5.89. The second kappa shape index (κ2) is 4.06. The fourth-order valence-corrected chi connectivity index (χ4v) is 2.30. The Kier molecular flexibility index (Phi) is 2.54. The molecule has 0 amide bonds. The number of benzene rings is 1. The van der Waals surface area contributed by atoms with Gasteiger partial charge in [0.15, 0.2) is 5.65 Å². The molecule has 2 aromatic heterocycles. The molecular formula is C13H8Cl2N2. The lowest BCUT2D eigenvalue weighted by Gasteiger charge is -1.95. The second-order valence-electron chi connectivity index (χ2n) is 3.73. The number of pyridine rings is 1. The van der Waals surface area contributed by atoms with Gasteiger partial charge in [-0.05, 0) is 6.07 Å². The standard InChI is InChI=1S/C13H8Cl2N2/c14-10-6-11(15)13-16-12(8-17(13)7-10)9-4-2-1-3-5-9/h1-8H. The molecule has 3 rings (SSSR count). The van der Waals surface area contributed by atoms with Crippen LogP contribution in [-0.4, -0.2) is 9.38 Å². The van der Waals surface area contributed by atoms with Gasteiger partial charge in [0, 0.05) is 18.0 Å². The number of aromatic nitrogens is 2. The average molecular weight is 263 g/mol. The van der Waals surface area contributed by atoms with Crippen LogP contribution in [0.1, 0.15) is 0 Å². The molecule has 1 aromatic carbocycles. The summed E-state index contributed by atoms with van der Waals surface area (Å²) in [6.07, 6.45) is 3.71. The molecule has 3 aromatic rings. The third-order valence-corrected chi connectivity index (χ3v) is 3.03. The molecule has 0 fully saturated rings. The first-order chi connectivity index (χ1) is 8.24. The number of rotatable bonds is 1. The van der Waals surface area contributed by atoms with Gasteiger partial charge in [-0.15, -0.1) is 0 Å². The van der Waals surface area contributed by atoms with Crippen molar-refractivity contribution in [3.05, 3.63) is 58.8 Å². The van der Waals surface area contributed by atoms with Crippen molar-refractivity contribution in [3.8, 4) is 11.3 Å². The minimum absolute atomic E-state index is 0.555. The molecule has 2 heterocycles. The number of hydrogen-bond donors (Lipinski definition) is 0. The van der Waals surface area contributed by atoms with Gasteiger partial charge in [-0.1, -0.05) is 53.5 Å². The van der Waals surface area contributed by atoms with E-state index in [1.165, 1.54) is 0 Å². The summed E-state index contributed by atoms with van der Waals surface area (Å²) in [4.78, 5) is 4.50. The van der Waals surface area contributed by atoms with Crippen molar-refractivity contribution in [1.29, 1.82) is 0 Å². The summed E-state index contributed by atoms with van der Waals surface area (Å²) in [5.41, 5.74) is 2.66. The molecule has 0 unspecified atom stereocenters. The quantitative estimate of drug-likeness (QED) is 0.639. The predicted octanol–water partition coefficient (Wildman–Crippen LogP) is 4.31. The molecule has 0 aliphatic rings. The lowest BCUT2D eigenvalue weighted by molar-refractivity contribution is 1.19. The van der Waals surface area contributed by atoms with E-state index in [0.29, 0.717) is 10.0 Å². The molecule has 0 saturated heterocycles. The minimum Gasteiger partial charge on any atom is -0.304 e. The third-order valence-electron chi connectivity index (χ3n) is 2.54. The molecular weight excluding hydrogens is 255 g/mol. The van der Waals surface area contributed by atoms with E-state index in [0.717, 1.165) is 16.9 Å². The van der Waals surface area contributed by atoms with Crippen molar-refractivity contribution < 1.29 is 0 Å². The van der Waals surface area contributed by atoms with Gasteiger partial charge in [-0.2, -0.15) is 0 Å².